The fourth-order valence-electron chi connectivity index (χ4n) is 9.63. The molecule has 0 radical (unpaired) electrons. The molecule has 2 heterocycles. The summed E-state index contributed by atoms with van der Waals surface area (Å²) in [5, 5.41) is 11.6. The van der Waals surface area contributed by atoms with Crippen molar-refractivity contribution in [3.63, 3.8) is 0 Å². The maximum Gasteiger partial charge on any atom is 0.314 e. The molecule has 0 aliphatic carbocycles. The van der Waals surface area contributed by atoms with Crippen molar-refractivity contribution < 1.29 is 9.90 Å². The number of rotatable bonds is 3. The van der Waals surface area contributed by atoms with Crippen LogP contribution < -0.4 is 0 Å². The van der Waals surface area contributed by atoms with Crippen LogP contribution in [0.15, 0.2) is 22.8 Å². The SMILES string of the molecule is CC(C)(C)C1(C(=O)O)C(C(C)(C)C)(C(C)(C)C)N(Cc2cc(Br)ccn2)C1(C(C)(C)C)C(C)(C)C. The molecule has 1 saturated heterocycles. The van der Waals surface area contributed by atoms with Crippen molar-refractivity contribution in [2.75, 3.05) is 0 Å². The Bertz CT molecular complexity index is 894. The van der Waals surface area contributed by atoms with Crippen molar-refractivity contribution in [2.24, 2.45) is 32.5 Å². The van der Waals surface area contributed by atoms with E-state index in [1.54, 1.807) is 0 Å². The molecule has 0 unspecified atom stereocenters. The third kappa shape index (κ3) is 3.60. The van der Waals surface area contributed by atoms with Gasteiger partial charge in [0.25, 0.3) is 0 Å². The van der Waals surface area contributed by atoms with E-state index in [-0.39, 0.29) is 21.7 Å². The Morgan fingerprint density at radius 1 is 0.800 bits per heavy atom. The summed E-state index contributed by atoms with van der Waals surface area (Å²) in [6, 6.07) is 4.02. The molecule has 1 aliphatic rings. The summed E-state index contributed by atoms with van der Waals surface area (Å²) in [5.74, 6) is -0.696. The van der Waals surface area contributed by atoms with Crippen LogP contribution in [-0.4, -0.2) is 32.0 Å². The van der Waals surface area contributed by atoms with Gasteiger partial charge in [-0.3, -0.25) is 14.7 Å². The van der Waals surface area contributed by atoms with Gasteiger partial charge in [-0.2, -0.15) is 0 Å². The molecule has 200 valence electrons. The minimum Gasteiger partial charge on any atom is -0.481 e. The summed E-state index contributed by atoms with van der Waals surface area (Å²) in [6.07, 6.45) is 1.83. The summed E-state index contributed by atoms with van der Waals surface area (Å²) in [4.78, 5) is 21.5. The van der Waals surface area contributed by atoms with Crippen LogP contribution in [0.1, 0.15) is 110 Å². The van der Waals surface area contributed by atoms with E-state index >= 15 is 0 Å². The molecule has 1 aromatic heterocycles. The summed E-state index contributed by atoms with van der Waals surface area (Å²) in [5.41, 5.74) is -3.49. The van der Waals surface area contributed by atoms with Gasteiger partial charge in [-0.1, -0.05) is 120 Å². The zero-order valence-electron chi connectivity index (χ0n) is 25.1. The van der Waals surface area contributed by atoms with Crippen molar-refractivity contribution in [1.82, 2.24) is 9.88 Å². The van der Waals surface area contributed by atoms with Gasteiger partial charge in [0.1, 0.15) is 5.41 Å². The van der Waals surface area contributed by atoms with Gasteiger partial charge in [-0.15, -0.1) is 0 Å². The van der Waals surface area contributed by atoms with Gasteiger partial charge >= 0.3 is 5.97 Å². The first kappa shape index (κ1) is 30.3. The number of hydrogen-bond acceptors (Lipinski definition) is 3. The number of nitrogens with zero attached hydrogens (tertiary/aromatic N) is 2. The highest BCUT2D eigenvalue weighted by Gasteiger charge is 2.93. The summed E-state index contributed by atoms with van der Waals surface area (Å²) >= 11 is 3.63. The molecule has 1 aliphatic heterocycles. The van der Waals surface area contributed by atoms with E-state index in [1.807, 2.05) is 12.3 Å². The maximum absolute atomic E-state index is 14.2. The van der Waals surface area contributed by atoms with E-state index in [2.05, 4.69) is 131 Å². The van der Waals surface area contributed by atoms with Crippen LogP contribution in [0, 0.1) is 32.5 Å². The first-order valence-electron chi connectivity index (χ1n) is 12.9. The van der Waals surface area contributed by atoms with E-state index < -0.39 is 27.9 Å². The van der Waals surface area contributed by atoms with E-state index in [4.69, 9.17) is 4.98 Å². The number of carbonyl (C=O) groups is 1. The minimum atomic E-state index is -1.08. The van der Waals surface area contributed by atoms with Gasteiger partial charge in [0.05, 0.1) is 16.8 Å². The monoisotopic (exact) mass is 550 g/mol. The quantitative estimate of drug-likeness (QED) is 0.410. The van der Waals surface area contributed by atoms with Gasteiger partial charge in [0.2, 0.25) is 0 Å². The molecule has 35 heavy (non-hydrogen) atoms. The summed E-state index contributed by atoms with van der Waals surface area (Å²) in [7, 11) is 0. The van der Waals surface area contributed by atoms with Crippen molar-refractivity contribution in [3.8, 4) is 0 Å². The minimum absolute atomic E-state index is 0.358. The fourth-order valence-corrected chi connectivity index (χ4v) is 10.0. The molecule has 0 aromatic carbocycles. The lowest BCUT2D eigenvalue weighted by Gasteiger charge is -2.90. The zero-order chi connectivity index (χ0) is 27.8. The predicted octanol–water partition coefficient (Wildman–Crippen LogP) is 8.44. The number of halogens is 1. The Kier molecular flexibility index (Phi) is 7.16. The third-order valence-electron chi connectivity index (χ3n) is 8.78. The molecule has 0 amide bonds. The van der Waals surface area contributed by atoms with Crippen LogP contribution in [0.4, 0.5) is 0 Å². The predicted molar refractivity (Wildman–Crippen MR) is 150 cm³/mol. The van der Waals surface area contributed by atoms with Crippen LogP contribution >= 0.6 is 15.9 Å². The van der Waals surface area contributed by atoms with Crippen molar-refractivity contribution in [1.29, 1.82) is 0 Å². The molecule has 2 rings (SSSR count). The van der Waals surface area contributed by atoms with Crippen LogP contribution in [0.2, 0.25) is 0 Å². The summed E-state index contributed by atoms with van der Waals surface area (Å²) < 4.78 is 0.984. The second kappa shape index (κ2) is 8.28. The van der Waals surface area contributed by atoms with E-state index in [9.17, 15) is 9.90 Å². The van der Waals surface area contributed by atoms with Crippen molar-refractivity contribution in [2.45, 2.75) is 121 Å². The largest absolute Gasteiger partial charge is 0.481 e. The van der Waals surface area contributed by atoms with Gasteiger partial charge in [-0.05, 0) is 39.2 Å². The molecule has 0 bridgehead atoms. The molecular formula is C30H51BrN2O2. The highest BCUT2D eigenvalue weighted by Crippen LogP contribution is 2.83. The van der Waals surface area contributed by atoms with Crippen molar-refractivity contribution >= 4 is 21.9 Å². The maximum atomic E-state index is 14.2. The third-order valence-corrected chi connectivity index (χ3v) is 9.27. The van der Waals surface area contributed by atoms with Crippen molar-refractivity contribution in [3.05, 3.63) is 28.5 Å². The Labute approximate surface area is 223 Å². The van der Waals surface area contributed by atoms with Crippen LogP contribution in [0.5, 0.6) is 0 Å². The molecule has 4 nitrogen and oxygen atoms in total. The van der Waals surface area contributed by atoms with E-state index in [1.165, 1.54) is 0 Å². The molecule has 1 N–H and O–H groups in total. The Morgan fingerprint density at radius 3 is 1.43 bits per heavy atom. The second-order valence-electron chi connectivity index (χ2n) is 15.8. The zero-order valence-corrected chi connectivity index (χ0v) is 26.7. The average Bonchev–Trinajstić information content (AvgIpc) is 2.51. The average molecular weight is 552 g/mol. The Hall–Kier alpha value is -0.940. The van der Waals surface area contributed by atoms with Crippen LogP contribution in [0.3, 0.4) is 0 Å². The number of pyridine rings is 1. The Morgan fingerprint density at radius 2 is 1.17 bits per heavy atom. The summed E-state index contributed by atoms with van der Waals surface area (Å²) in [6.45, 7) is 33.8. The number of hydrogen-bond donors (Lipinski definition) is 1. The molecule has 1 fully saturated rings. The normalized spacial score (nSPS) is 20.9. The molecule has 1 aromatic rings. The van der Waals surface area contributed by atoms with E-state index in [0.29, 0.717) is 6.54 Å². The first-order chi connectivity index (χ1) is 15.3. The lowest BCUT2D eigenvalue weighted by Crippen LogP contribution is -3.01. The van der Waals surface area contributed by atoms with Gasteiger partial charge < -0.3 is 5.11 Å². The number of likely N-dealkylation sites (tertiary alicyclic amines) is 1. The number of carboxylic acid groups (broad SMARTS) is 1. The first-order valence-corrected chi connectivity index (χ1v) is 13.7. The molecule has 0 spiro atoms. The lowest BCUT2D eigenvalue weighted by molar-refractivity contribution is -0.419. The second-order valence-corrected chi connectivity index (χ2v) is 16.7. The Balaban J connectivity index is 3.31. The molecular weight excluding hydrogens is 500 g/mol. The van der Waals surface area contributed by atoms with E-state index in [0.717, 1.165) is 10.2 Å². The lowest BCUT2D eigenvalue weighted by atomic mass is 9.24. The standard InChI is InChI=1S/C30H51BrN2O2/c1-23(2,3)28(22(34)35)29(24(4,5)6,25(7,8)9)33(19-21-18-20(31)16-17-32-21)30(28,26(10,11)12)27(13,14)15/h16-18H,19H2,1-15H3,(H,34,35). The fraction of sp³-hybridized carbons (Fsp3) is 0.800. The number of carboxylic acids is 1. The van der Waals surface area contributed by atoms with Crippen LogP contribution in [-0.2, 0) is 11.3 Å². The highest BCUT2D eigenvalue weighted by atomic mass is 79.9. The van der Waals surface area contributed by atoms with Gasteiger partial charge in [-0.25, -0.2) is 0 Å². The van der Waals surface area contributed by atoms with Gasteiger partial charge in [0.15, 0.2) is 0 Å². The topological polar surface area (TPSA) is 53.4 Å². The molecule has 0 atom stereocenters. The van der Waals surface area contributed by atoms with Crippen LogP contribution in [0.25, 0.3) is 0 Å². The van der Waals surface area contributed by atoms with Gasteiger partial charge in [0, 0.05) is 17.2 Å². The molecule has 5 heteroatoms. The number of aromatic nitrogens is 1. The highest BCUT2D eigenvalue weighted by molar-refractivity contribution is 9.10. The smallest absolute Gasteiger partial charge is 0.314 e. The number of aliphatic carboxylic acids is 1. The molecule has 0 saturated carbocycles.